The smallest absolute Gasteiger partial charge is 0.307 e. The van der Waals surface area contributed by atoms with E-state index in [-0.39, 0.29) is 18.8 Å². The van der Waals surface area contributed by atoms with Crippen molar-refractivity contribution in [3.8, 4) is 5.75 Å². The minimum atomic E-state index is -0.816. The first-order chi connectivity index (χ1) is 6.27. The Morgan fingerprint density at radius 3 is 3.00 bits per heavy atom. The van der Waals surface area contributed by atoms with Crippen molar-refractivity contribution >= 4 is 18.4 Å². The maximum Gasteiger partial charge on any atom is 0.307 e. The number of fused-ring (bicyclic) bond motifs is 1. The molecule has 0 bridgehead atoms. The first kappa shape index (κ1) is 10.9. The zero-order valence-electron chi connectivity index (χ0n) is 7.53. The van der Waals surface area contributed by atoms with Crippen LogP contribution in [0.4, 0.5) is 0 Å². The fourth-order valence-electron chi connectivity index (χ4n) is 1.59. The average molecular weight is 215 g/mol. The summed E-state index contributed by atoms with van der Waals surface area (Å²) in [5.74, 6) is -0.0335. The van der Waals surface area contributed by atoms with Crippen molar-refractivity contribution in [1.82, 2.24) is 0 Å². The van der Waals surface area contributed by atoms with Gasteiger partial charge in [0, 0.05) is 12.0 Å². The van der Waals surface area contributed by atoms with Gasteiger partial charge in [0.15, 0.2) is 0 Å². The fourth-order valence-corrected chi connectivity index (χ4v) is 1.59. The van der Waals surface area contributed by atoms with E-state index < -0.39 is 5.97 Å². The van der Waals surface area contributed by atoms with Gasteiger partial charge in [-0.3, -0.25) is 4.79 Å². The lowest BCUT2D eigenvalue weighted by Crippen LogP contribution is -2.01. The Labute approximate surface area is 88.1 Å². The second kappa shape index (κ2) is 4.33. The molecule has 1 aromatic carbocycles. The highest BCUT2D eigenvalue weighted by molar-refractivity contribution is 5.85. The summed E-state index contributed by atoms with van der Waals surface area (Å²) < 4.78 is 5.37. The van der Waals surface area contributed by atoms with Gasteiger partial charge in [0.05, 0.1) is 13.0 Å². The predicted molar refractivity (Wildman–Crippen MR) is 54.2 cm³/mol. The highest BCUT2D eigenvalue weighted by Gasteiger charge is 2.16. The van der Waals surface area contributed by atoms with Crippen LogP contribution < -0.4 is 4.74 Å². The van der Waals surface area contributed by atoms with Crippen LogP contribution in [0.1, 0.15) is 11.1 Å². The third-order valence-electron chi connectivity index (χ3n) is 2.14. The van der Waals surface area contributed by atoms with Gasteiger partial charge in [0.2, 0.25) is 0 Å². The molecule has 0 spiro atoms. The lowest BCUT2D eigenvalue weighted by molar-refractivity contribution is -0.136. The van der Waals surface area contributed by atoms with Crippen LogP contribution in [-0.2, 0) is 17.6 Å². The second-order valence-electron chi connectivity index (χ2n) is 3.07. The third-order valence-corrected chi connectivity index (χ3v) is 2.14. The third kappa shape index (κ3) is 1.99. The summed E-state index contributed by atoms with van der Waals surface area (Å²) in [6.07, 6.45) is 0.936. The molecule has 0 fully saturated rings. The Balaban J connectivity index is 0.000000980. The highest BCUT2D eigenvalue weighted by atomic mass is 35.5. The van der Waals surface area contributed by atoms with Gasteiger partial charge in [-0.15, -0.1) is 12.4 Å². The number of para-hydroxylation sites is 1. The number of aliphatic carboxylic acids is 1. The number of benzene rings is 1. The largest absolute Gasteiger partial charge is 0.493 e. The van der Waals surface area contributed by atoms with Gasteiger partial charge >= 0.3 is 5.97 Å². The molecule has 1 aliphatic heterocycles. The quantitative estimate of drug-likeness (QED) is 0.815. The van der Waals surface area contributed by atoms with E-state index >= 15 is 0 Å². The van der Waals surface area contributed by atoms with Gasteiger partial charge in [-0.25, -0.2) is 0 Å². The first-order valence-electron chi connectivity index (χ1n) is 4.23. The van der Waals surface area contributed by atoms with Crippen molar-refractivity contribution in [1.29, 1.82) is 0 Å². The Kier molecular flexibility index (Phi) is 3.36. The maximum atomic E-state index is 10.5. The Morgan fingerprint density at radius 1 is 1.50 bits per heavy atom. The number of rotatable bonds is 2. The van der Waals surface area contributed by atoms with E-state index in [0.717, 1.165) is 23.3 Å². The van der Waals surface area contributed by atoms with Crippen LogP contribution in [0.15, 0.2) is 18.2 Å². The van der Waals surface area contributed by atoms with Crippen LogP contribution in [0.5, 0.6) is 5.75 Å². The summed E-state index contributed by atoms with van der Waals surface area (Å²) in [6, 6.07) is 5.66. The Hall–Kier alpha value is -1.22. The summed E-state index contributed by atoms with van der Waals surface area (Å²) in [7, 11) is 0. The summed E-state index contributed by atoms with van der Waals surface area (Å²) in [5.41, 5.74) is 1.90. The molecule has 4 heteroatoms. The molecule has 2 rings (SSSR count). The van der Waals surface area contributed by atoms with Gasteiger partial charge < -0.3 is 9.84 Å². The summed E-state index contributed by atoms with van der Waals surface area (Å²) in [6.45, 7) is 0.673. The Bertz CT molecular complexity index is 349. The normalized spacial score (nSPS) is 12.6. The molecule has 76 valence electrons. The number of hydrogen-bond donors (Lipinski definition) is 1. The first-order valence-corrected chi connectivity index (χ1v) is 4.23. The lowest BCUT2D eigenvalue weighted by atomic mass is 10.1. The van der Waals surface area contributed by atoms with Gasteiger partial charge in [0.1, 0.15) is 5.75 Å². The maximum absolute atomic E-state index is 10.5. The van der Waals surface area contributed by atoms with Crippen molar-refractivity contribution in [2.45, 2.75) is 12.8 Å². The van der Waals surface area contributed by atoms with Gasteiger partial charge in [0.25, 0.3) is 0 Å². The molecule has 0 radical (unpaired) electrons. The van der Waals surface area contributed by atoms with Gasteiger partial charge in [-0.2, -0.15) is 0 Å². The molecule has 1 N–H and O–H groups in total. The van der Waals surface area contributed by atoms with E-state index in [4.69, 9.17) is 9.84 Å². The molecule has 0 aromatic heterocycles. The number of ether oxygens (including phenoxy) is 1. The molecule has 1 heterocycles. The number of hydrogen-bond acceptors (Lipinski definition) is 2. The summed E-state index contributed by atoms with van der Waals surface area (Å²) in [4.78, 5) is 10.5. The Morgan fingerprint density at radius 2 is 2.29 bits per heavy atom. The van der Waals surface area contributed by atoms with Crippen LogP contribution in [0.2, 0.25) is 0 Å². The average Bonchev–Trinajstić information content (AvgIpc) is 2.51. The molecule has 0 saturated carbocycles. The minimum Gasteiger partial charge on any atom is -0.493 e. The van der Waals surface area contributed by atoms with Crippen molar-refractivity contribution in [3.63, 3.8) is 0 Å². The van der Waals surface area contributed by atoms with Crippen molar-refractivity contribution in [3.05, 3.63) is 29.3 Å². The number of carboxylic acids is 1. The van der Waals surface area contributed by atoms with Crippen molar-refractivity contribution in [2.24, 2.45) is 0 Å². The molecule has 3 nitrogen and oxygen atoms in total. The molecule has 0 unspecified atom stereocenters. The SMILES string of the molecule is Cl.O=C(O)Cc1cccc2c1OCC2. The topological polar surface area (TPSA) is 46.5 Å². The molecule has 14 heavy (non-hydrogen) atoms. The molecular formula is C10H11ClO3. The van der Waals surface area contributed by atoms with Gasteiger partial charge in [-0.1, -0.05) is 18.2 Å². The van der Waals surface area contributed by atoms with Crippen molar-refractivity contribution in [2.75, 3.05) is 6.61 Å². The standard InChI is InChI=1S/C10H10O3.ClH/c11-9(12)6-8-3-1-2-7-4-5-13-10(7)8;/h1-3H,4-6H2,(H,11,12);1H. The van der Waals surface area contributed by atoms with Crippen LogP contribution in [0.3, 0.4) is 0 Å². The van der Waals surface area contributed by atoms with Crippen molar-refractivity contribution < 1.29 is 14.6 Å². The van der Waals surface area contributed by atoms with Gasteiger partial charge in [-0.05, 0) is 5.56 Å². The monoisotopic (exact) mass is 214 g/mol. The van der Waals surface area contributed by atoms with E-state index in [9.17, 15) is 4.79 Å². The van der Waals surface area contributed by atoms with E-state index in [1.165, 1.54) is 0 Å². The lowest BCUT2D eigenvalue weighted by Gasteiger charge is -2.04. The van der Waals surface area contributed by atoms with Crippen LogP contribution in [0, 0.1) is 0 Å². The fraction of sp³-hybridized carbons (Fsp3) is 0.300. The molecule has 0 atom stereocenters. The molecule has 0 aliphatic carbocycles. The number of carboxylic acid groups (broad SMARTS) is 1. The number of carbonyl (C=O) groups is 1. The minimum absolute atomic E-state index is 0. The van der Waals surface area contributed by atoms with E-state index in [1.54, 1.807) is 6.07 Å². The molecule has 1 aliphatic rings. The molecule has 1 aromatic rings. The van der Waals surface area contributed by atoms with Crippen LogP contribution in [-0.4, -0.2) is 17.7 Å². The second-order valence-corrected chi connectivity index (χ2v) is 3.07. The summed E-state index contributed by atoms with van der Waals surface area (Å²) >= 11 is 0. The van der Waals surface area contributed by atoms with Crippen LogP contribution >= 0.6 is 12.4 Å². The molecular weight excluding hydrogens is 204 g/mol. The summed E-state index contributed by atoms with van der Waals surface area (Å²) in [5, 5.41) is 8.64. The van der Waals surface area contributed by atoms with Crippen LogP contribution in [0.25, 0.3) is 0 Å². The molecule has 0 saturated heterocycles. The van der Waals surface area contributed by atoms with E-state index in [1.807, 2.05) is 12.1 Å². The highest BCUT2D eigenvalue weighted by Crippen LogP contribution is 2.29. The predicted octanol–water partition coefficient (Wildman–Crippen LogP) is 1.67. The molecule has 0 amide bonds. The zero-order valence-corrected chi connectivity index (χ0v) is 8.34. The van der Waals surface area contributed by atoms with E-state index in [2.05, 4.69) is 0 Å². The number of halogens is 1. The van der Waals surface area contributed by atoms with E-state index in [0.29, 0.717) is 6.61 Å². The zero-order chi connectivity index (χ0) is 9.26.